The van der Waals surface area contributed by atoms with E-state index in [1.807, 2.05) is 18.2 Å². The molecule has 0 spiro atoms. The number of carbonyl (C=O) groups excluding carboxylic acids is 1. The molecule has 0 radical (unpaired) electrons. The summed E-state index contributed by atoms with van der Waals surface area (Å²) in [6.45, 7) is 1.05. The van der Waals surface area contributed by atoms with Crippen molar-refractivity contribution >= 4 is 23.1 Å². The topological polar surface area (TPSA) is 72.5 Å². The predicted octanol–water partition coefficient (Wildman–Crippen LogP) is 3.99. The van der Waals surface area contributed by atoms with E-state index in [1.54, 1.807) is 24.3 Å². The second kappa shape index (κ2) is 7.33. The van der Waals surface area contributed by atoms with Crippen LogP contribution in [0.1, 0.15) is 10.4 Å². The molecule has 2 heterocycles. The molecule has 4 rings (SSSR count). The van der Waals surface area contributed by atoms with Crippen molar-refractivity contribution in [2.45, 2.75) is 0 Å². The number of aromatic nitrogens is 1. The third-order valence-corrected chi connectivity index (χ3v) is 3.96. The highest BCUT2D eigenvalue weighted by atomic mass is 19.1. The number of halogens is 1. The first-order valence-corrected chi connectivity index (χ1v) is 8.38. The summed E-state index contributed by atoms with van der Waals surface area (Å²) in [6, 6.07) is 14.8. The number of hydrogen-bond donors (Lipinski definition) is 2. The summed E-state index contributed by atoms with van der Waals surface area (Å²) in [7, 11) is 0. The van der Waals surface area contributed by atoms with Gasteiger partial charge in [-0.25, -0.2) is 9.37 Å². The normalized spacial score (nSPS) is 12.3. The van der Waals surface area contributed by atoms with Gasteiger partial charge >= 0.3 is 0 Å². The molecule has 0 bridgehead atoms. The molecule has 2 N–H and O–H groups in total. The Morgan fingerprint density at radius 1 is 1.00 bits per heavy atom. The molecule has 0 fully saturated rings. The maximum atomic E-state index is 13.6. The number of hydrogen-bond acceptors (Lipinski definition) is 5. The Morgan fingerprint density at radius 2 is 1.81 bits per heavy atom. The van der Waals surface area contributed by atoms with Crippen LogP contribution in [-0.2, 0) is 0 Å². The molecule has 0 saturated carbocycles. The second-order valence-corrected chi connectivity index (χ2v) is 5.85. The van der Waals surface area contributed by atoms with Crippen LogP contribution in [0.15, 0.2) is 60.8 Å². The quantitative estimate of drug-likeness (QED) is 0.731. The van der Waals surface area contributed by atoms with Gasteiger partial charge in [0.05, 0.1) is 11.3 Å². The number of ether oxygens (including phenoxy) is 2. The fourth-order valence-corrected chi connectivity index (χ4v) is 2.63. The standard InChI is InChI=1S/C20H16FN3O3/c21-15-3-1-2-4-16(15)24-20(25)13-5-8-19(22-12-13)23-14-6-7-17-18(11-14)27-10-9-26-17/h1-8,11-12H,9-10H2,(H,22,23)(H,24,25). The average molecular weight is 365 g/mol. The summed E-state index contributed by atoms with van der Waals surface area (Å²) in [4.78, 5) is 16.5. The monoisotopic (exact) mass is 365 g/mol. The van der Waals surface area contributed by atoms with Crippen molar-refractivity contribution < 1.29 is 18.7 Å². The average Bonchev–Trinajstić information content (AvgIpc) is 2.70. The number of benzene rings is 2. The van der Waals surface area contributed by atoms with E-state index in [4.69, 9.17) is 9.47 Å². The van der Waals surface area contributed by atoms with Gasteiger partial charge in [0.25, 0.3) is 5.91 Å². The highest BCUT2D eigenvalue weighted by Crippen LogP contribution is 2.33. The zero-order chi connectivity index (χ0) is 18.6. The largest absolute Gasteiger partial charge is 0.486 e. The van der Waals surface area contributed by atoms with Crippen LogP contribution in [0, 0.1) is 5.82 Å². The molecule has 1 amide bonds. The number of carbonyl (C=O) groups is 1. The number of rotatable bonds is 4. The van der Waals surface area contributed by atoms with E-state index >= 15 is 0 Å². The molecule has 0 aliphatic carbocycles. The summed E-state index contributed by atoms with van der Waals surface area (Å²) in [6.07, 6.45) is 1.43. The van der Waals surface area contributed by atoms with Gasteiger partial charge in [0.1, 0.15) is 24.8 Å². The SMILES string of the molecule is O=C(Nc1ccccc1F)c1ccc(Nc2ccc3c(c2)OCCO3)nc1. The molecule has 0 saturated heterocycles. The summed E-state index contributed by atoms with van der Waals surface area (Å²) in [5, 5.41) is 5.67. The summed E-state index contributed by atoms with van der Waals surface area (Å²) < 4.78 is 24.7. The highest BCUT2D eigenvalue weighted by Gasteiger charge is 2.13. The summed E-state index contributed by atoms with van der Waals surface area (Å²) in [5.74, 6) is 1.02. The first kappa shape index (κ1) is 16.8. The molecule has 136 valence electrons. The van der Waals surface area contributed by atoms with E-state index in [1.165, 1.54) is 18.3 Å². The number of amides is 1. The Balaban J connectivity index is 1.44. The van der Waals surface area contributed by atoms with Crippen LogP contribution in [-0.4, -0.2) is 24.1 Å². The summed E-state index contributed by atoms with van der Waals surface area (Å²) in [5.41, 5.74) is 1.24. The van der Waals surface area contributed by atoms with E-state index in [-0.39, 0.29) is 5.69 Å². The Kier molecular flexibility index (Phi) is 4.57. The van der Waals surface area contributed by atoms with Gasteiger partial charge in [0.15, 0.2) is 11.5 Å². The fraction of sp³-hybridized carbons (Fsp3) is 0.100. The second-order valence-electron chi connectivity index (χ2n) is 5.85. The van der Waals surface area contributed by atoms with E-state index in [0.717, 1.165) is 5.69 Å². The zero-order valence-electron chi connectivity index (χ0n) is 14.2. The van der Waals surface area contributed by atoms with Crippen molar-refractivity contribution in [2.75, 3.05) is 23.8 Å². The predicted molar refractivity (Wildman–Crippen MR) is 99.3 cm³/mol. The van der Waals surface area contributed by atoms with Crippen LogP contribution >= 0.6 is 0 Å². The van der Waals surface area contributed by atoms with Crippen molar-refractivity contribution in [1.82, 2.24) is 4.98 Å². The van der Waals surface area contributed by atoms with Gasteiger partial charge in [-0.3, -0.25) is 4.79 Å². The number of pyridine rings is 1. The molecule has 7 heteroatoms. The molecule has 6 nitrogen and oxygen atoms in total. The van der Waals surface area contributed by atoms with Gasteiger partial charge in [-0.05, 0) is 36.4 Å². The van der Waals surface area contributed by atoms with Gasteiger partial charge in [0, 0.05) is 18.0 Å². The molecule has 2 aromatic carbocycles. The highest BCUT2D eigenvalue weighted by molar-refractivity contribution is 6.04. The third-order valence-electron chi connectivity index (χ3n) is 3.96. The number of nitrogens with zero attached hydrogens (tertiary/aromatic N) is 1. The minimum absolute atomic E-state index is 0.126. The maximum absolute atomic E-state index is 13.6. The molecule has 27 heavy (non-hydrogen) atoms. The van der Waals surface area contributed by atoms with Gasteiger partial charge < -0.3 is 20.1 Å². The van der Waals surface area contributed by atoms with Gasteiger partial charge in [-0.15, -0.1) is 0 Å². The Morgan fingerprint density at radius 3 is 2.59 bits per heavy atom. The summed E-state index contributed by atoms with van der Waals surface area (Å²) >= 11 is 0. The lowest BCUT2D eigenvalue weighted by Gasteiger charge is -2.19. The van der Waals surface area contributed by atoms with E-state index in [0.29, 0.717) is 36.1 Å². The van der Waals surface area contributed by atoms with Crippen LogP contribution in [0.3, 0.4) is 0 Å². The number of para-hydroxylation sites is 1. The molecule has 1 aromatic heterocycles. The maximum Gasteiger partial charge on any atom is 0.257 e. The third kappa shape index (κ3) is 3.82. The minimum atomic E-state index is -0.490. The van der Waals surface area contributed by atoms with Crippen molar-refractivity contribution in [2.24, 2.45) is 0 Å². The van der Waals surface area contributed by atoms with E-state index in [2.05, 4.69) is 15.6 Å². The van der Waals surface area contributed by atoms with Crippen molar-refractivity contribution in [3.8, 4) is 11.5 Å². The Hall–Kier alpha value is -3.61. The lowest BCUT2D eigenvalue weighted by Crippen LogP contribution is -2.15. The van der Waals surface area contributed by atoms with Crippen LogP contribution in [0.25, 0.3) is 0 Å². The van der Waals surface area contributed by atoms with Crippen LogP contribution in [0.4, 0.5) is 21.6 Å². The zero-order valence-corrected chi connectivity index (χ0v) is 14.2. The van der Waals surface area contributed by atoms with Gasteiger partial charge in [-0.2, -0.15) is 0 Å². The van der Waals surface area contributed by atoms with Gasteiger partial charge in [0.2, 0.25) is 0 Å². The number of nitrogens with one attached hydrogen (secondary N) is 2. The Labute approximate surface area is 155 Å². The first-order valence-electron chi connectivity index (χ1n) is 8.38. The lowest BCUT2D eigenvalue weighted by atomic mass is 10.2. The lowest BCUT2D eigenvalue weighted by molar-refractivity contribution is 0.102. The molecule has 1 aliphatic heterocycles. The van der Waals surface area contributed by atoms with Crippen molar-refractivity contribution in [3.63, 3.8) is 0 Å². The van der Waals surface area contributed by atoms with Crippen LogP contribution < -0.4 is 20.1 Å². The molecule has 0 atom stereocenters. The molecular formula is C20H16FN3O3. The molecule has 1 aliphatic rings. The minimum Gasteiger partial charge on any atom is -0.486 e. The first-order chi connectivity index (χ1) is 13.2. The Bertz CT molecular complexity index is 976. The number of fused-ring (bicyclic) bond motifs is 1. The van der Waals surface area contributed by atoms with Crippen LogP contribution in [0.5, 0.6) is 11.5 Å². The van der Waals surface area contributed by atoms with E-state index in [9.17, 15) is 9.18 Å². The molecule has 0 unspecified atom stereocenters. The van der Waals surface area contributed by atoms with E-state index < -0.39 is 11.7 Å². The smallest absolute Gasteiger partial charge is 0.257 e. The van der Waals surface area contributed by atoms with Gasteiger partial charge in [-0.1, -0.05) is 12.1 Å². The number of anilines is 3. The fourth-order valence-electron chi connectivity index (χ4n) is 2.63. The molecular weight excluding hydrogens is 349 g/mol. The van der Waals surface area contributed by atoms with Crippen molar-refractivity contribution in [1.29, 1.82) is 0 Å². The molecule has 3 aromatic rings. The van der Waals surface area contributed by atoms with Crippen molar-refractivity contribution in [3.05, 3.63) is 72.2 Å². The van der Waals surface area contributed by atoms with Crippen LogP contribution in [0.2, 0.25) is 0 Å².